The normalized spacial score (nSPS) is 21.1. The van der Waals surface area contributed by atoms with Crippen LogP contribution in [0, 0.1) is 12.3 Å². The molecular formula is C13H21N3O2. The van der Waals surface area contributed by atoms with E-state index in [1.165, 1.54) is 0 Å². The molecule has 0 bridgehead atoms. The van der Waals surface area contributed by atoms with E-state index in [-0.39, 0.29) is 17.2 Å². The average molecular weight is 251 g/mol. The molecule has 0 N–H and O–H groups in total. The Morgan fingerprint density at radius 2 is 2.17 bits per heavy atom. The van der Waals surface area contributed by atoms with Crippen LogP contribution < -0.4 is 0 Å². The molecule has 1 aliphatic rings. The van der Waals surface area contributed by atoms with Gasteiger partial charge in [0, 0.05) is 18.5 Å². The number of aromatic nitrogens is 2. The third kappa shape index (κ3) is 2.71. The Balaban J connectivity index is 2.07. The Morgan fingerprint density at radius 1 is 1.44 bits per heavy atom. The zero-order valence-corrected chi connectivity index (χ0v) is 11.6. The molecular weight excluding hydrogens is 230 g/mol. The van der Waals surface area contributed by atoms with Gasteiger partial charge in [-0.1, -0.05) is 25.9 Å². The van der Waals surface area contributed by atoms with Crippen molar-refractivity contribution in [2.75, 3.05) is 13.1 Å². The van der Waals surface area contributed by atoms with E-state index >= 15 is 0 Å². The summed E-state index contributed by atoms with van der Waals surface area (Å²) in [6, 6.07) is 0. The van der Waals surface area contributed by atoms with E-state index < -0.39 is 0 Å². The van der Waals surface area contributed by atoms with Crippen LogP contribution in [0.2, 0.25) is 0 Å². The number of hydrogen-bond donors (Lipinski definition) is 0. The van der Waals surface area contributed by atoms with Crippen molar-refractivity contribution in [1.82, 2.24) is 15.0 Å². The first-order valence-electron chi connectivity index (χ1n) is 6.47. The molecule has 0 aliphatic carbocycles. The molecule has 0 spiro atoms. The van der Waals surface area contributed by atoms with Gasteiger partial charge >= 0.3 is 0 Å². The molecule has 1 fully saturated rings. The number of hydrogen-bond acceptors (Lipinski definition) is 4. The van der Waals surface area contributed by atoms with Gasteiger partial charge in [0.15, 0.2) is 5.82 Å². The van der Waals surface area contributed by atoms with Crippen molar-refractivity contribution in [2.24, 2.45) is 5.41 Å². The van der Waals surface area contributed by atoms with Crippen LogP contribution in [0.3, 0.4) is 0 Å². The molecule has 2 heterocycles. The summed E-state index contributed by atoms with van der Waals surface area (Å²) in [6.07, 6.45) is 2.00. The highest BCUT2D eigenvalue weighted by atomic mass is 16.5. The van der Waals surface area contributed by atoms with Gasteiger partial charge in [0.1, 0.15) is 0 Å². The van der Waals surface area contributed by atoms with Crippen LogP contribution >= 0.6 is 0 Å². The lowest BCUT2D eigenvalue weighted by Gasteiger charge is -2.35. The SMILES string of the molecule is Cc1noc([C@H]2CCCN(C(=O)C(C)(C)C)C2)n1. The van der Waals surface area contributed by atoms with Gasteiger partial charge < -0.3 is 9.42 Å². The van der Waals surface area contributed by atoms with Gasteiger partial charge in [-0.3, -0.25) is 4.79 Å². The maximum Gasteiger partial charge on any atom is 0.231 e. The zero-order valence-electron chi connectivity index (χ0n) is 11.6. The fraction of sp³-hybridized carbons (Fsp3) is 0.769. The van der Waals surface area contributed by atoms with Gasteiger partial charge in [0.2, 0.25) is 11.8 Å². The second-order valence-electron chi connectivity index (χ2n) is 6.02. The van der Waals surface area contributed by atoms with Gasteiger partial charge in [-0.2, -0.15) is 4.98 Å². The highest BCUT2D eigenvalue weighted by Gasteiger charge is 2.33. The van der Waals surface area contributed by atoms with Crippen LogP contribution in [0.5, 0.6) is 0 Å². The number of likely N-dealkylation sites (tertiary alicyclic amines) is 1. The molecule has 1 amide bonds. The Morgan fingerprint density at radius 3 is 2.72 bits per heavy atom. The minimum atomic E-state index is -0.327. The van der Waals surface area contributed by atoms with Gasteiger partial charge in [0.05, 0.1) is 5.92 Å². The number of carbonyl (C=O) groups is 1. The van der Waals surface area contributed by atoms with Crippen molar-refractivity contribution < 1.29 is 9.32 Å². The van der Waals surface area contributed by atoms with Crippen molar-refractivity contribution in [3.63, 3.8) is 0 Å². The maximum atomic E-state index is 12.3. The minimum Gasteiger partial charge on any atom is -0.341 e. The van der Waals surface area contributed by atoms with Crippen molar-refractivity contribution in [3.05, 3.63) is 11.7 Å². The highest BCUT2D eigenvalue weighted by molar-refractivity contribution is 5.81. The summed E-state index contributed by atoms with van der Waals surface area (Å²) >= 11 is 0. The quantitative estimate of drug-likeness (QED) is 0.767. The average Bonchev–Trinajstić information content (AvgIpc) is 2.74. The lowest BCUT2D eigenvalue weighted by Crippen LogP contribution is -2.44. The second kappa shape index (κ2) is 4.71. The topological polar surface area (TPSA) is 59.2 Å². The van der Waals surface area contributed by atoms with Crippen molar-refractivity contribution in [3.8, 4) is 0 Å². The summed E-state index contributed by atoms with van der Waals surface area (Å²) in [5.74, 6) is 1.71. The minimum absolute atomic E-state index is 0.186. The molecule has 5 heteroatoms. The molecule has 0 saturated carbocycles. The summed E-state index contributed by atoms with van der Waals surface area (Å²) in [5, 5.41) is 3.82. The summed E-state index contributed by atoms with van der Waals surface area (Å²) in [6.45, 7) is 9.20. The predicted molar refractivity (Wildman–Crippen MR) is 67.0 cm³/mol. The van der Waals surface area contributed by atoms with Crippen LogP contribution in [0.1, 0.15) is 51.2 Å². The molecule has 0 unspecified atom stereocenters. The fourth-order valence-corrected chi connectivity index (χ4v) is 2.32. The number of carbonyl (C=O) groups excluding carboxylic acids is 1. The van der Waals surface area contributed by atoms with Crippen molar-refractivity contribution >= 4 is 5.91 Å². The van der Waals surface area contributed by atoms with Crippen molar-refractivity contribution in [2.45, 2.75) is 46.5 Å². The molecule has 100 valence electrons. The smallest absolute Gasteiger partial charge is 0.231 e. The summed E-state index contributed by atoms with van der Waals surface area (Å²) in [7, 11) is 0. The standard InChI is InChI=1S/C13H21N3O2/c1-9-14-11(18-15-9)10-6-5-7-16(8-10)12(17)13(2,3)4/h10H,5-8H2,1-4H3/t10-/m0/s1. The van der Waals surface area contributed by atoms with Crippen LogP contribution in [0.25, 0.3) is 0 Å². The lowest BCUT2D eigenvalue weighted by atomic mass is 9.91. The number of amides is 1. The number of nitrogens with zero attached hydrogens (tertiary/aromatic N) is 3. The van der Waals surface area contributed by atoms with Crippen molar-refractivity contribution in [1.29, 1.82) is 0 Å². The van der Waals surface area contributed by atoms with E-state index in [1.807, 2.05) is 32.6 Å². The van der Waals surface area contributed by atoms with E-state index in [4.69, 9.17) is 4.52 Å². The van der Waals surface area contributed by atoms with Gasteiger partial charge in [-0.05, 0) is 19.8 Å². The van der Waals surface area contributed by atoms with E-state index in [0.29, 0.717) is 18.3 Å². The van der Waals surface area contributed by atoms with E-state index in [0.717, 1.165) is 19.4 Å². The first-order valence-corrected chi connectivity index (χ1v) is 6.47. The Bertz CT molecular complexity index is 434. The monoisotopic (exact) mass is 251 g/mol. The van der Waals surface area contributed by atoms with Crippen LogP contribution in [-0.4, -0.2) is 34.0 Å². The molecule has 2 rings (SSSR count). The molecule has 1 aliphatic heterocycles. The molecule has 1 saturated heterocycles. The summed E-state index contributed by atoms with van der Waals surface area (Å²) in [5.41, 5.74) is -0.327. The maximum absolute atomic E-state index is 12.3. The molecule has 1 atom stereocenters. The second-order valence-corrected chi connectivity index (χ2v) is 6.02. The van der Waals surface area contributed by atoms with Gasteiger partial charge in [0.25, 0.3) is 0 Å². The van der Waals surface area contributed by atoms with E-state index in [1.54, 1.807) is 0 Å². The fourth-order valence-electron chi connectivity index (χ4n) is 2.32. The Hall–Kier alpha value is -1.39. The third-order valence-electron chi connectivity index (χ3n) is 3.24. The third-order valence-corrected chi connectivity index (χ3v) is 3.24. The highest BCUT2D eigenvalue weighted by Crippen LogP contribution is 2.28. The molecule has 5 nitrogen and oxygen atoms in total. The Labute approximate surface area is 108 Å². The van der Waals surface area contributed by atoms with E-state index in [2.05, 4.69) is 10.1 Å². The number of aryl methyl sites for hydroxylation is 1. The molecule has 1 aromatic rings. The Kier molecular flexibility index (Phi) is 3.41. The summed E-state index contributed by atoms with van der Waals surface area (Å²) < 4.78 is 5.22. The van der Waals surface area contributed by atoms with Gasteiger partial charge in [-0.25, -0.2) is 0 Å². The first-order chi connectivity index (χ1) is 8.38. The number of rotatable bonds is 1. The lowest BCUT2D eigenvalue weighted by molar-refractivity contribution is -0.140. The zero-order chi connectivity index (χ0) is 13.3. The molecule has 18 heavy (non-hydrogen) atoms. The largest absolute Gasteiger partial charge is 0.341 e. The summed E-state index contributed by atoms with van der Waals surface area (Å²) in [4.78, 5) is 18.5. The van der Waals surface area contributed by atoms with Crippen LogP contribution in [0.15, 0.2) is 4.52 Å². The molecule has 1 aromatic heterocycles. The molecule has 0 radical (unpaired) electrons. The van der Waals surface area contributed by atoms with E-state index in [9.17, 15) is 4.79 Å². The molecule has 0 aromatic carbocycles. The predicted octanol–water partition coefficient (Wildman–Crippen LogP) is 2.13. The van der Waals surface area contributed by atoms with Crippen LogP contribution in [0.4, 0.5) is 0 Å². The van der Waals surface area contributed by atoms with Crippen LogP contribution in [-0.2, 0) is 4.79 Å². The first kappa shape index (κ1) is 13.1. The van der Waals surface area contributed by atoms with Gasteiger partial charge in [-0.15, -0.1) is 0 Å². The number of piperidine rings is 1.